The number of methoxy groups -OCH3 is 1. The summed E-state index contributed by atoms with van der Waals surface area (Å²) >= 11 is 0. The van der Waals surface area contributed by atoms with Gasteiger partial charge in [-0.1, -0.05) is 18.2 Å². The van der Waals surface area contributed by atoms with Crippen molar-refractivity contribution >= 4 is 5.69 Å². The van der Waals surface area contributed by atoms with Crippen molar-refractivity contribution in [2.45, 2.75) is 13.0 Å². The first-order valence-corrected chi connectivity index (χ1v) is 5.60. The molecule has 0 amide bonds. The Hall–Kier alpha value is -2.03. The average Bonchev–Trinajstić information content (AvgIpc) is 2.40. The first-order valence-electron chi connectivity index (χ1n) is 5.60. The third kappa shape index (κ3) is 2.75. The highest BCUT2D eigenvalue weighted by atomic mass is 16.5. The molecule has 3 nitrogen and oxygen atoms in total. The topological polar surface area (TPSA) is 34.1 Å². The molecule has 1 N–H and O–H groups in total. The maximum Gasteiger partial charge on any atom is 0.124 e. The predicted octanol–water partition coefficient (Wildman–Crippen LogP) is 3.26. The zero-order valence-corrected chi connectivity index (χ0v) is 10.1. The van der Waals surface area contributed by atoms with E-state index in [-0.39, 0.29) is 6.04 Å². The highest BCUT2D eigenvalue weighted by molar-refractivity contribution is 5.45. The molecular weight excluding hydrogens is 212 g/mol. The molecule has 0 saturated carbocycles. The SMILES string of the molecule is COc1ccccc1C(C)Nc1cccnc1. The van der Waals surface area contributed by atoms with E-state index in [1.165, 1.54) is 0 Å². The first-order chi connectivity index (χ1) is 8.31. The minimum absolute atomic E-state index is 0.176. The van der Waals surface area contributed by atoms with Crippen molar-refractivity contribution in [2.75, 3.05) is 12.4 Å². The fourth-order valence-corrected chi connectivity index (χ4v) is 1.80. The van der Waals surface area contributed by atoms with Crippen LogP contribution in [0.4, 0.5) is 5.69 Å². The lowest BCUT2D eigenvalue weighted by molar-refractivity contribution is 0.408. The zero-order chi connectivity index (χ0) is 12.1. The summed E-state index contributed by atoms with van der Waals surface area (Å²) in [5, 5.41) is 3.39. The Morgan fingerprint density at radius 1 is 1.18 bits per heavy atom. The van der Waals surface area contributed by atoms with Gasteiger partial charge in [0.25, 0.3) is 0 Å². The molecule has 1 aromatic carbocycles. The van der Waals surface area contributed by atoms with Crippen LogP contribution < -0.4 is 10.1 Å². The van der Waals surface area contributed by atoms with Crippen LogP contribution in [-0.2, 0) is 0 Å². The van der Waals surface area contributed by atoms with Gasteiger partial charge >= 0.3 is 0 Å². The third-order valence-corrected chi connectivity index (χ3v) is 2.65. The number of para-hydroxylation sites is 1. The number of ether oxygens (including phenoxy) is 1. The smallest absolute Gasteiger partial charge is 0.124 e. The molecule has 1 heterocycles. The van der Waals surface area contributed by atoms with Crippen molar-refractivity contribution in [3.05, 3.63) is 54.4 Å². The number of hydrogen-bond acceptors (Lipinski definition) is 3. The van der Waals surface area contributed by atoms with Gasteiger partial charge in [-0.05, 0) is 25.1 Å². The minimum atomic E-state index is 0.176. The van der Waals surface area contributed by atoms with Crippen LogP contribution in [0.1, 0.15) is 18.5 Å². The van der Waals surface area contributed by atoms with E-state index < -0.39 is 0 Å². The van der Waals surface area contributed by atoms with Crippen LogP contribution in [0, 0.1) is 0 Å². The molecule has 17 heavy (non-hydrogen) atoms. The van der Waals surface area contributed by atoms with Crippen molar-refractivity contribution in [3.8, 4) is 5.75 Å². The molecule has 1 aromatic heterocycles. The monoisotopic (exact) mass is 228 g/mol. The van der Waals surface area contributed by atoms with Gasteiger partial charge in [-0.3, -0.25) is 4.98 Å². The number of nitrogens with one attached hydrogen (secondary N) is 1. The normalized spacial score (nSPS) is 11.9. The molecule has 0 bridgehead atoms. The summed E-state index contributed by atoms with van der Waals surface area (Å²) in [5.41, 5.74) is 2.14. The summed E-state index contributed by atoms with van der Waals surface area (Å²) in [5.74, 6) is 0.899. The number of aromatic nitrogens is 1. The average molecular weight is 228 g/mol. The standard InChI is InChI=1S/C14H16N2O/c1-11(16-12-6-5-9-15-10-12)13-7-3-4-8-14(13)17-2/h3-11,16H,1-2H3. The summed E-state index contributed by atoms with van der Waals surface area (Å²) in [7, 11) is 1.69. The van der Waals surface area contributed by atoms with Gasteiger partial charge in [-0.15, -0.1) is 0 Å². The van der Waals surface area contributed by atoms with Crippen LogP contribution in [0.25, 0.3) is 0 Å². The molecule has 88 valence electrons. The Morgan fingerprint density at radius 2 is 2.00 bits per heavy atom. The van der Waals surface area contributed by atoms with Crippen LogP contribution in [-0.4, -0.2) is 12.1 Å². The van der Waals surface area contributed by atoms with Gasteiger partial charge in [0.15, 0.2) is 0 Å². The number of rotatable bonds is 4. The van der Waals surface area contributed by atoms with E-state index >= 15 is 0 Å². The number of benzene rings is 1. The van der Waals surface area contributed by atoms with Crippen LogP contribution in [0.5, 0.6) is 5.75 Å². The van der Waals surface area contributed by atoms with Gasteiger partial charge in [-0.2, -0.15) is 0 Å². The molecule has 0 aliphatic rings. The summed E-state index contributed by atoms with van der Waals surface area (Å²) in [6, 6.07) is 12.1. The van der Waals surface area contributed by atoms with E-state index in [2.05, 4.69) is 23.3 Å². The minimum Gasteiger partial charge on any atom is -0.496 e. The molecule has 1 atom stereocenters. The second-order valence-corrected chi connectivity index (χ2v) is 3.85. The molecular formula is C14H16N2O. The van der Waals surface area contributed by atoms with Gasteiger partial charge < -0.3 is 10.1 Å². The Labute approximate surface area is 101 Å². The van der Waals surface area contributed by atoms with Crippen molar-refractivity contribution < 1.29 is 4.74 Å². The summed E-state index contributed by atoms with van der Waals surface area (Å²) in [6.45, 7) is 2.10. The molecule has 0 radical (unpaired) electrons. The van der Waals surface area contributed by atoms with Gasteiger partial charge in [0.2, 0.25) is 0 Å². The molecule has 0 aliphatic heterocycles. The quantitative estimate of drug-likeness (QED) is 0.872. The Kier molecular flexibility index (Phi) is 3.60. The lowest BCUT2D eigenvalue weighted by atomic mass is 10.1. The van der Waals surface area contributed by atoms with Crippen LogP contribution in [0.3, 0.4) is 0 Å². The van der Waals surface area contributed by atoms with Crippen LogP contribution in [0.15, 0.2) is 48.8 Å². The number of hydrogen-bond donors (Lipinski definition) is 1. The summed E-state index contributed by atoms with van der Waals surface area (Å²) < 4.78 is 5.35. The molecule has 0 fully saturated rings. The van der Waals surface area contributed by atoms with E-state index in [0.717, 1.165) is 17.0 Å². The van der Waals surface area contributed by atoms with Crippen molar-refractivity contribution in [1.29, 1.82) is 0 Å². The van der Waals surface area contributed by atoms with Gasteiger partial charge in [0.1, 0.15) is 5.75 Å². The van der Waals surface area contributed by atoms with E-state index in [4.69, 9.17) is 4.74 Å². The molecule has 3 heteroatoms. The van der Waals surface area contributed by atoms with E-state index in [1.807, 2.05) is 36.5 Å². The van der Waals surface area contributed by atoms with E-state index in [1.54, 1.807) is 13.3 Å². The molecule has 1 unspecified atom stereocenters. The van der Waals surface area contributed by atoms with Crippen molar-refractivity contribution in [2.24, 2.45) is 0 Å². The molecule has 0 saturated heterocycles. The Morgan fingerprint density at radius 3 is 2.71 bits per heavy atom. The lowest BCUT2D eigenvalue weighted by Crippen LogP contribution is -2.08. The second kappa shape index (κ2) is 5.34. The molecule has 2 rings (SSSR count). The van der Waals surface area contributed by atoms with Crippen molar-refractivity contribution in [3.63, 3.8) is 0 Å². The highest BCUT2D eigenvalue weighted by Gasteiger charge is 2.10. The molecule has 0 aliphatic carbocycles. The molecule has 0 spiro atoms. The number of nitrogens with zero attached hydrogens (tertiary/aromatic N) is 1. The first kappa shape index (κ1) is 11.5. The van der Waals surface area contributed by atoms with E-state index in [9.17, 15) is 0 Å². The second-order valence-electron chi connectivity index (χ2n) is 3.85. The van der Waals surface area contributed by atoms with Crippen LogP contribution >= 0.6 is 0 Å². The maximum atomic E-state index is 5.35. The third-order valence-electron chi connectivity index (χ3n) is 2.65. The van der Waals surface area contributed by atoms with E-state index in [0.29, 0.717) is 0 Å². The summed E-state index contributed by atoms with van der Waals surface area (Å²) in [6.07, 6.45) is 3.57. The predicted molar refractivity (Wildman–Crippen MR) is 69.3 cm³/mol. The zero-order valence-electron chi connectivity index (χ0n) is 10.1. The van der Waals surface area contributed by atoms with Gasteiger partial charge in [0.05, 0.1) is 18.8 Å². The van der Waals surface area contributed by atoms with Crippen molar-refractivity contribution in [1.82, 2.24) is 4.98 Å². The largest absolute Gasteiger partial charge is 0.496 e. The maximum absolute atomic E-state index is 5.35. The Bertz CT molecular complexity index is 471. The lowest BCUT2D eigenvalue weighted by Gasteiger charge is -2.17. The van der Waals surface area contributed by atoms with Gasteiger partial charge in [-0.25, -0.2) is 0 Å². The molecule has 2 aromatic rings. The Balaban J connectivity index is 2.17. The fraction of sp³-hybridized carbons (Fsp3) is 0.214. The summed E-state index contributed by atoms with van der Waals surface area (Å²) in [4.78, 5) is 4.08. The van der Waals surface area contributed by atoms with Gasteiger partial charge in [0, 0.05) is 18.0 Å². The number of anilines is 1. The fourth-order valence-electron chi connectivity index (χ4n) is 1.80. The highest BCUT2D eigenvalue weighted by Crippen LogP contribution is 2.26. The van der Waals surface area contributed by atoms with Crippen LogP contribution in [0.2, 0.25) is 0 Å². The number of pyridine rings is 1.